The third-order valence-electron chi connectivity index (χ3n) is 11.0. The fourth-order valence-corrected chi connectivity index (χ4v) is 9.60. The highest BCUT2D eigenvalue weighted by molar-refractivity contribution is 7.86. The Balaban J connectivity index is 1.42. The summed E-state index contributed by atoms with van der Waals surface area (Å²) in [6.07, 6.45) is 13.6. The normalized spacial score (nSPS) is 21.4. The maximum Gasteiger partial charge on any atom is 0.264 e. The third-order valence-corrected chi connectivity index (χ3v) is 13.1. The van der Waals surface area contributed by atoms with Gasteiger partial charge in [-0.3, -0.25) is 9.11 Å². The van der Waals surface area contributed by atoms with Gasteiger partial charge < -0.3 is 9.64 Å². The van der Waals surface area contributed by atoms with Crippen LogP contribution in [0, 0.1) is 12.8 Å². The fourth-order valence-electron chi connectivity index (χ4n) is 8.12. The first-order valence-electron chi connectivity index (χ1n) is 18.2. The summed E-state index contributed by atoms with van der Waals surface area (Å²) in [5.41, 5.74) is 7.47. The van der Waals surface area contributed by atoms with Gasteiger partial charge in [0.15, 0.2) is 5.71 Å². The smallest absolute Gasteiger partial charge is 0.264 e. The Hall–Kier alpha value is -2.96. The van der Waals surface area contributed by atoms with Crippen LogP contribution >= 0.6 is 11.6 Å². The summed E-state index contributed by atoms with van der Waals surface area (Å²) in [6, 6.07) is 12.6. The molecule has 0 saturated carbocycles. The molecule has 3 aliphatic rings. The fraction of sp³-hybridized carbons (Fsp3) is 0.525. The summed E-state index contributed by atoms with van der Waals surface area (Å²) in [4.78, 5) is 2.33. The number of aryl methyl sites for hydroxylation is 1. The average molecular weight is 774 g/mol. The summed E-state index contributed by atoms with van der Waals surface area (Å²) < 4.78 is 71.9. The molecule has 0 saturated heterocycles. The minimum Gasteiger partial charge on any atom is -0.497 e. The number of nitrogens with zero attached hydrogens (tertiary/aromatic N) is 2. The van der Waals surface area contributed by atoms with Gasteiger partial charge in [-0.05, 0) is 94.7 Å². The SMILES string of the molecule is COc1ccc2c(c1)C(C)(C)C(/C=C/C1CCCC(/C=C/C3=[N+](CCCCS(=O)(=O)O)c4ccc(C)cc4C3(C)C)=C1Cl)N2CCCCS(=O)(=O)O. The molecule has 2 aromatic rings. The van der Waals surface area contributed by atoms with Crippen LogP contribution in [0.5, 0.6) is 5.75 Å². The second-order valence-electron chi connectivity index (χ2n) is 15.5. The van der Waals surface area contributed by atoms with E-state index in [1.54, 1.807) is 7.11 Å². The molecule has 2 unspecified atom stereocenters. The molecule has 0 spiro atoms. The molecule has 2 aromatic carbocycles. The number of halogens is 1. The zero-order valence-electron chi connectivity index (χ0n) is 31.2. The first-order chi connectivity index (χ1) is 24.3. The van der Waals surface area contributed by atoms with E-state index < -0.39 is 20.2 Å². The molecule has 0 bridgehead atoms. The Kier molecular flexibility index (Phi) is 12.2. The highest BCUT2D eigenvalue weighted by atomic mass is 35.5. The number of ether oxygens (including phenoxy) is 1. The van der Waals surface area contributed by atoms with Crippen molar-refractivity contribution >= 4 is 48.9 Å². The number of hydrogen-bond acceptors (Lipinski definition) is 6. The van der Waals surface area contributed by atoms with Gasteiger partial charge in [0.2, 0.25) is 5.69 Å². The van der Waals surface area contributed by atoms with Crippen molar-refractivity contribution in [2.24, 2.45) is 5.92 Å². The van der Waals surface area contributed by atoms with Gasteiger partial charge in [-0.15, -0.1) is 0 Å². The van der Waals surface area contributed by atoms with E-state index in [0.29, 0.717) is 38.8 Å². The summed E-state index contributed by atoms with van der Waals surface area (Å²) in [6.45, 7) is 12.2. The predicted molar refractivity (Wildman–Crippen MR) is 211 cm³/mol. The van der Waals surface area contributed by atoms with Crippen molar-refractivity contribution < 1.29 is 35.3 Å². The van der Waals surface area contributed by atoms with E-state index in [2.05, 4.69) is 98.7 Å². The summed E-state index contributed by atoms with van der Waals surface area (Å²) in [7, 11) is -6.36. The quantitative estimate of drug-likeness (QED) is 0.0803. The number of methoxy groups -OCH3 is 1. The number of rotatable bonds is 15. The summed E-state index contributed by atoms with van der Waals surface area (Å²) >= 11 is 7.23. The number of anilines is 1. The molecule has 0 amide bonds. The Morgan fingerprint density at radius 3 is 2.29 bits per heavy atom. The summed E-state index contributed by atoms with van der Waals surface area (Å²) in [5.74, 6) is 0.323. The molecule has 9 nitrogen and oxygen atoms in total. The molecule has 1 aliphatic carbocycles. The zero-order chi connectivity index (χ0) is 38.1. The molecule has 284 valence electrons. The molecule has 0 aromatic heterocycles. The summed E-state index contributed by atoms with van der Waals surface area (Å²) in [5, 5.41) is 0.831. The van der Waals surface area contributed by atoms with Gasteiger partial charge in [0, 0.05) is 52.7 Å². The number of fused-ring (bicyclic) bond motifs is 2. The highest BCUT2D eigenvalue weighted by Crippen LogP contribution is 2.48. The molecule has 12 heteroatoms. The van der Waals surface area contributed by atoms with Crippen molar-refractivity contribution in [2.45, 2.75) is 96.4 Å². The number of allylic oxidation sites excluding steroid dienone is 5. The molecule has 5 rings (SSSR count). The Morgan fingerprint density at radius 2 is 1.62 bits per heavy atom. The van der Waals surface area contributed by atoms with Crippen LogP contribution in [0.1, 0.15) is 89.3 Å². The lowest BCUT2D eigenvalue weighted by Crippen LogP contribution is -2.40. The van der Waals surface area contributed by atoms with Gasteiger partial charge in [0.05, 0.1) is 30.1 Å². The molecule has 0 radical (unpaired) electrons. The molecule has 2 aliphatic heterocycles. The van der Waals surface area contributed by atoms with Gasteiger partial charge in [-0.25, -0.2) is 0 Å². The number of hydrogen-bond donors (Lipinski definition) is 2. The van der Waals surface area contributed by atoms with Gasteiger partial charge in [0.25, 0.3) is 20.2 Å². The van der Waals surface area contributed by atoms with Crippen LogP contribution in [-0.2, 0) is 31.1 Å². The van der Waals surface area contributed by atoms with E-state index in [9.17, 15) is 25.9 Å². The first-order valence-corrected chi connectivity index (χ1v) is 21.8. The monoisotopic (exact) mass is 773 g/mol. The third kappa shape index (κ3) is 9.04. The minimum absolute atomic E-state index is 0.00286. The molecule has 2 heterocycles. The second-order valence-corrected chi connectivity index (χ2v) is 19.1. The van der Waals surface area contributed by atoms with Crippen LogP contribution in [0.2, 0.25) is 0 Å². The Bertz CT molecular complexity index is 2010. The van der Waals surface area contributed by atoms with Crippen molar-refractivity contribution in [3.05, 3.63) is 88.0 Å². The molecule has 2 atom stereocenters. The first kappa shape index (κ1) is 40.2. The second kappa shape index (κ2) is 15.8. The molecule has 0 fully saturated rings. The Morgan fingerprint density at radius 1 is 0.923 bits per heavy atom. The molecule has 52 heavy (non-hydrogen) atoms. The van der Waals surface area contributed by atoms with Gasteiger partial charge in [-0.1, -0.05) is 55.3 Å². The minimum atomic E-state index is -4.01. The van der Waals surface area contributed by atoms with Gasteiger partial charge in [-0.2, -0.15) is 21.4 Å². The van der Waals surface area contributed by atoms with Gasteiger partial charge >= 0.3 is 0 Å². The van der Waals surface area contributed by atoms with Crippen LogP contribution in [0.3, 0.4) is 0 Å². The lowest BCUT2D eigenvalue weighted by Gasteiger charge is -2.33. The van der Waals surface area contributed by atoms with Gasteiger partial charge in [0.1, 0.15) is 12.3 Å². The maximum absolute atomic E-state index is 11.4. The lowest BCUT2D eigenvalue weighted by molar-refractivity contribution is -0.438. The largest absolute Gasteiger partial charge is 0.497 e. The van der Waals surface area contributed by atoms with E-state index in [0.717, 1.165) is 52.7 Å². The van der Waals surface area contributed by atoms with Crippen LogP contribution in [-0.4, -0.2) is 74.0 Å². The van der Waals surface area contributed by atoms with E-state index in [1.807, 2.05) is 6.07 Å². The average Bonchev–Trinajstić information content (AvgIpc) is 3.40. The van der Waals surface area contributed by atoms with Crippen LogP contribution in [0.15, 0.2) is 71.3 Å². The van der Waals surface area contributed by atoms with Crippen molar-refractivity contribution in [2.75, 3.05) is 36.6 Å². The lowest BCUT2D eigenvalue weighted by atomic mass is 9.79. The van der Waals surface area contributed by atoms with E-state index in [1.165, 1.54) is 16.7 Å². The van der Waals surface area contributed by atoms with Crippen LogP contribution in [0.4, 0.5) is 11.4 Å². The van der Waals surface area contributed by atoms with Crippen molar-refractivity contribution in [3.8, 4) is 5.75 Å². The van der Waals surface area contributed by atoms with E-state index in [4.69, 9.17) is 16.3 Å². The number of benzene rings is 2. The maximum atomic E-state index is 11.4. The van der Waals surface area contributed by atoms with Crippen LogP contribution in [0.25, 0.3) is 0 Å². The molecule has 2 N–H and O–H groups in total. The zero-order valence-corrected chi connectivity index (χ0v) is 33.6. The highest BCUT2D eigenvalue weighted by Gasteiger charge is 2.45. The molecular weight excluding hydrogens is 720 g/mol. The van der Waals surface area contributed by atoms with Crippen molar-refractivity contribution in [1.82, 2.24) is 0 Å². The Labute approximate surface area is 315 Å². The van der Waals surface area contributed by atoms with Crippen LogP contribution < -0.4 is 9.64 Å². The van der Waals surface area contributed by atoms with E-state index in [-0.39, 0.29) is 34.3 Å². The topological polar surface area (TPSA) is 124 Å². The molecular formula is C40H54ClN2O7S2+. The van der Waals surface area contributed by atoms with Crippen molar-refractivity contribution in [1.29, 1.82) is 0 Å². The van der Waals surface area contributed by atoms with Crippen molar-refractivity contribution in [3.63, 3.8) is 0 Å². The van der Waals surface area contributed by atoms with E-state index >= 15 is 0 Å². The number of unbranched alkanes of at least 4 members (excludes halogenated alkanes) is 2. The standard InChI is InChI=1S/C40H53ClN2O7S2/c1-28-14-18-34-32(26-28)39(2,3)36(42(34)22-7-9-24-51(44,45)46)20-15-29-12-11-13-30(38(29)41)16-21-37-40(4,5)33-27-31(50-6)17-19-35(33)43(37)23-8-10-25-52(47,48)49/h14-21,26-27,30,37H,7-13,22-25H2,1-6H3,(H-,44,45,46,47,48,49)/p+1/b20-15+,21-16+. The predicted octanol–water partition coefficient (Wildman–Crippen LogP) is 8.29.